The van der Waals surface area contributed by atoms with Crippen molar-refractivity contribution >= 4 is 21.6 Å². The van der Waals surface area contributed by atoms with Crippen molar-refractivity contribution in [3.8, 4) is 0 Å². The van der Waals surface area contributed by atoms with Crippen LogP contribution in [0.25, 0.3) is 10.1 Å². The maximum Gasteiger partial charge on any atom is 0.269 e. The molecule has 0 spiro atoms. The molecule has 3 heteroatoms. The van der Waals surface area contributed by atoms with Crippen molar-refractivity contribution in [2.45, 2.75) is 116 Å². The zero-order valence-corrected chi connectivity index (χ0v) is 19.3. The van der Waals surface area contributed by atoms with Crippen molar-refractivity contribution < 1.29 is 0 Å². The number of benzene rings is 1. The molecule has 0 aliphatic heterocycles. The van der Waals surface area contributed by atoms with Gasteiger partial charge in [-0.05, 0) is 32.4 Å². The van der Waals surface area contributed by atoms with Crippen LogP contribution in [0.1, 0.15) is 111 Å². The van der Waals surface area contributed by atoms with E-state index < -0.39 is 0 Å². The molecule has 0 aliphatic carbocycles. The van der Waals surface area contributed by atoms with Gasteiger partial charge in [0.2, 0.25) is 0 Å². The predicted molar refractivity (Wildman–Crippen MR) is 126 cm³/mol. The number of rotatable bonds is 15. The van der Waals surface area contributed by atoms with Gasteiger partial charge in [0.25, 0.3) is 5.56 Å². The Morgan fingerprint density at radius 3 is 1.82 bits per heavy atom. The smallest absolute Gasteiger partial charge is 0.268 e. The van der Waals surface area contributed by atoms with Crippen molar-refractivity contribution in [3.05, 3.63) is 34.6 Å². The molecule has 158 valence electrons. The van der Waals surface area contributed by atoms with Crippen LogP contribution in [0.15, 0.2) is 29.1 Å². The number of unbranched alkanes of at least 4 members (excludes halogenated alkanes) is 12. The van der Waals surface area contributed by atoms with E-state index in [0.29, 0.717) is 0 Å². The Balaban J connectivity index is 1.56. The van der Waals surface area contributed by atoms with Crippen LogP contribution in [-0.4, -0.2) is 3.96 Å². The second-order valence-corrected chi connectivity index (χ2v) is 9.98. The van der Waals surface area contributed by atoms with E-state index in [0.717, 1.165) is 16.5 Å². The van der Waals surface area contributed by atoms with Crippen molar-refractivity contribution in [2.75, 3.05) is 0 Å². The minimum Gasteiger partial charge on any atom is -0.268 e. The maximum absolute atomic E-state index is 12.7. The predicted octanol–water partition coefficient (Wildman–Crippen LogP) is 8.28. The summed E-state index contributed by atoms with van der Waals surface area (Å²) in [5, 5.41) is 0.867. The van der Waals surface area contributed by atoms with E-state index in [4.69, 9.17) is 0 Å². The van der Waals surface area contributed by atoms with Gasteiger partial charge in [-0.3, -0.25) is 8.75 Å². The van der Waals surface area contributed by atoms with Crippen LogP contribution in [0.3, 0.4) is 0 Å². The van der Waals surface area contributed by atoms with Crippen LogP contribution in [0.4, 0.5) is 0 Å². The third kappa shape index (κ3) is 7.39. The molecular weight excluding hydrogens is 362 g/mol. The van der Waals surface area contributed by atoms with E-state index in [9.17, 15) is 4.79 Å². The van der Waals surface area contributed by atoms with E-state index >= 15 is 0 Å². The van der Waals surface area contributed by atoms with Crippen molar-refractivity contribution in [2.24, 2.45) is 0 Å². The second-order valence-electron chi connectivity index (χ2n) is 8.99. The van der Waals surface area contributed by atoms with Crippen LogP contribution in [0.2, 0.25) is 0 Å². The molecule has 2 aromatic rings. The summed E-state index contributed by atoms with van der Waals surface area (Å²) in [4.78, 5) is 12.7. The lowest BCUT2D eigenvalue weighted by molar-refractivity contribution is 0.330. The first-order valence-corrected chi connectivity index (χ1v) is 12.4. The molecule has 0 aliphatic rings. The van der Waals surface area contributed by atoms with Crippen molar-refractivity contribution in [3.63, 3.8) is 0 Å². The molecular formula is C25H41NOS. The number of hydrogen-bond donors (Lipinski definition) is 0. The first kappa shape index (κ1) is 23.2. The van der Waals surface area contributed by atoms with Gasteiger partial charge in [-0.2, -0.15) is 0 Å². The molecule has 2 rings (SSSR count). The zero-order valence-electron chi connectivity index (χ0n) is 18.5. The van der Waals surface area contributed by atoms with E-state index in [1.807, 2.05) is 22.2 Å². The molecule has 0 saturated carbocycles. The molecule has 2 nitrogen and oxygen atoms in total. The average molecular weight is 404 g/mol. The van der Waals surface area contributed by atoms with Crippen LogP contribution in [0, 0.1) is 0 Å². The van der Waals surface area contributed by atoms with Crippen LogP contribution in [0.5, 0.6) is 0 Å². The summed E-state index contributed by atoms with van der Waals surface area (Å²) < 4.78 is 3.10. The molecule has 1 heterocycles. The van der Waals surface area contributed by atoms with Gasteiger partial charge in [0.1, 0.15) is 0 Å². The van der Waals surface area contributed by atoms with Crippen LogP contribution in [-0.2, 0) is 5.54 Å². The summed E-state index contributed by atoms with van der Waals surface area (Å²) in [6.07, 6.45) is 19.0. The highest BCUT2D eigenvalue weighted by molar-refractivity contribution is 7.13. The lowest BCUT2D eigenvalue weighted by atomic mass is 9.96. The standard InChI is InChI=1S/C25H41NOS/c1-4-5-6-7-8-9-10-11-12-13-14-15-18-21-25(2,3)26-24(27)22-19-16-17-20-23(22)28-26/h16-17,19-20H,4-15,18,21H2,1-3H3. The molecule has 0 fully saturated rings. The molecule has 1 aromatic heterocycles. The molecule has 0 saturated heterocycles. The highest BCUT2D eigenvalue weighted by Crippen LogP contribution is 2.28. The van der Waals surface area contributed by atoms with Crippen LogP contribution >= 0.6 is 11.5 Å². The van der Waals surface area contributed by atoms with Gasteiger partial charge in [-0.25, -0.2) is 0 Å². The first-order valence-electron chi connectivity index (χ1n) is 11.7. The summed E-state index contributed by atoms with van der Waals surface area (Å²) in [5.74, 6) is 0. The largest absolute Gasteiger partial charge is 0.269 e. The van der Waals surface area contributed by atoms with E-state index in [1.54, 1.807) is 11.5 Å². The highest BCUT2D eigenvalue weighted by atomic mass is 32.1. The fourth-order valence-corrected chi connectivity index (χ4v) is 5.16. The van der Waals surface area contributed by atoms with E-state index in [2.05, 4.69) is 26.8 Å². The topological polar surface area (TPSA) is 22.0 Å². The summed E-state index contributed by atoms with van der Waals surface area (Å²) in [5.41, 5.74) is 0.0961. The van der Waals surface area contributed by atoms with E-state index in [-0.39, 0.29) is 11.1 Å². The monoisotopic (exact) mass is 403 g/mol. The Kier molecular flexibility index (Phi) is 10.3. The number of fused-ring (bicyclic) bond motifs is 1. The van der Waals surface area contributed by atoms with Gasteiger partial charge in [-0.15, -0.1) is 0 Å². The van der Waals surface area contributed by atoms with Crippen LogP contribution < -0.4 is 5.56 Å². The molecule has 28 heavy (non-hydrogen) atoms. The third-order valence-electron chi connectivity index (χ3n) is 5.93. The molecule has 0 N–H and O–H groups in total. The van der Waals surface area contributed by atoms with Gasteiger partial charge >= 0.3 is 0 Å². The van der Waals surface area contributed by atoms with Gasteiger partial charge in [0, 0.05) is 0 Å². The van der Waals surface area contributed by atoms with Gasteiger partial charge in [-0.1, -0.05) is 114 Å². The zero-order chi connectivity index (χ0) is 20.2. The fourth-order valence-electron chi connectivity index (χ4n) is 4.05. The Morgan fingerprint density at radius 2 is 1.29 bits per heavy atom. The highest BCUT2D eigenvalue weighted by Gasteiger charge is 2.23. The number of hydrogen-bond acceptors (Lipinski definition) is 2. The normalized spacial score (nSPS) is 12.1. The molecule has 0 bridgehead atoms. The number of nitrogens with zero attached hydrogens (tertiary/aromatic N) is 1. The average Bonchev–Trinajstić information content (AvgIpc) is 3.03. The molecule has 0 amide bonds. The number of aromatic nitrogens is 1. The molecule has 0 unspecified atom stereocenters. The minimum absolute atomic E-state index is 0.0848. The van der Waals surface area contributed by atoms with E-state index in [1.165, 1.54) is 83.5 Å². The molecule has 0 atom stereocenters. The lowest BCUT2D eigenvalue weighted by Gasteiger charge is -2.25. The Labute approximate surface area is 176 Å². The third-order valence-corrected chi connectivity index (χ3v) is 7.33. The summed E-state index contributed by atoms with van der Waals surface area (Å²) in [6, 6.07) is 7.98. The molecule has 1 aromatic carbocycles. The summed E-state index contributed by atoms with van der Waals surface area (Å²) in [7, 11) is 0. The second kappa shape index (κ2) is 12.5. The van der Waals surface area contributed by atoms with Gasteiger partial charge in [0.05, 0.1) is 15.6 Å². The minimum atomic E-state index is -0.0848. The van der Waals surface area contributed by atoms with Crippen molar-refractivity contribution in [1.29, 1.82) is 0 Å². The Morgan fingerprint density at radius 1 is 0.786 bits per heavy atom. The SMILES string of the molecule is CCCCCCCCCCCCCCCC(C)(C)n1sc2ccccc2c1=O. The Bertz CT molecular complexity index is 727. The summed E-state index contributed by atoms with van der Waals surface area (Å²) in [6.45, 7) is 6.71. The van der Waals surface area contributed by atoms with Gasteiger partial charge < -0.3 is 0 Å². The summed E-state index contributed by atoms with van der Waals surface area (Å²) >= 11 is 1.62. The molecule has 0 radical (unpaired) electrons. The Hall–Kier alpha value is -1.09. The maximum atomic E-state index is 12.7. The quantitative estimate of drug-likeness (QED) is 0.274. The first-order chi connectivity index (χ1) is 13.6. The van der Waals surface area contributed by atoms with Crippen molar-refractivity contribution in [1.82, 2.24) is 3.96 Å². The fraction of sp³-hybridized carbons (Fsp3) is 0.720. The van der Waals surface area contributed by atoms with Gasteiger partial charge in [0.15, 0.2) is 0 Å². The lowest BCUT2D eigenvalue weighted by Crippen LogP contribution is -2.32.